The summed E-state index contributed by atoms with van der Waals surface area (Å²) in [6.07, 6.45) is 6.07. The van der Waals surface area contributed by atoms with Gasteiger partial charge in [0.15, 0.2) is 0 Å². The van der Waals surface area contributed by atoms with E-state index in [9.17, 15) is 9.50 Å². The summed E-state index contributed by atoms with van der Waals surface area (Å²) in [5.74, 6) is -0.270. The summed E-state index contributed by atoms with van der Waals surface area (Å²) in [6, 6.07) is 5.07. The van der Waals surface area contributed by atoms with Crippen LogP contribution in [0.25, 0.3) is 0 Å². The van der Waals surface area contributed by atoms with E-state index in [-0.39, 0.29) is 12.4 Å². The fourth-order valence-corrected chi connectivity index (χ4v) is 3.63. The first-order valence-corrected chi connectivity index (χ1v) is 7.68. The largest absolute Gasteiger partial charge is 0.394 e. The monoisotopic (exact) mass is 329 g/mol. The van der Waals surface area contributed by atoms with Crippen molar-refractivity contribution in [2.45, 2.75) is 50.6 Å². The Morgan fingerprint density at radius 1 is 1.37 bits per heavy atom. The zero-order valence-corrected chi connectivity index (χ0v) is 12.8. The zero-order valence-electron chi connectivity index (χ0n) is 11.3. The van der Waals surface area contributed by atoms with Gasteiger partial charge in [-0.3, -0.25) is 0 Å². The molecule has 1 fully saturated rings. The van der Waals surface area contributed by atoms with Crippen LogP contribution < -0.4 is 5.32 Å². The van der Waals surface area contributed by atoms with Gasteiger partial charge in [0.2, 0.25) is 0 Å². The molecule has 19 heavy (non-hydrogen) atoms. The minimum atomic E-state index is -0.533. The summed E-state index contributed by atoms with van der Waals surface area (Å²) < 4.78 is 13.9. The molecular formula is C15H21BrFNO. The third-order valence-corrected chi connectivity index (χ3v) is 4.63. The molecule has 0 radical (unpaired) electrons. The lowest BCUT2D eigenvalue weighted by molar-refractivity contribution is 0.150. The van der Waals surface area contributed by atoms with Crippen LogP contribution in [0.5, 0.6) is 0 Å². The minimum absolute atomic E-state index is 0.00622. The van der Waals surface area contributed by atoms with Gasteiger partial charge in [0, 0.05) is 10.5 Å². The van der Waals surface area contributed by atoms with Gasteiger partial charge in [-0.25, -0.2) is 4.39 Å². The summed E-state index contributed by atoms with van der Waals surface area (Å²) in [5, 5.41) is 13.3. The molecule has 1 aliphatic rings. The highest BCUT2D eigenvalue weighted by Gasteiger charge is 2.31. The van der Waals surface area contributed by atoms with Gasteiger partial charge >= 0.3 is 0 Å². The van der Waals surface area contributed by atoms with Crippen LogP contribution in [0.1, 0.15) is 44.6 Å². The van der Waals surface area contributed by atoms with Gasteiger partial charge in [0.1, 0.15) is 5.82 Å². The number of aliphatic hydroxyl groups excluding tert-OH is 1. The van der Waals surface area contributed by atoms with E-state index in [1.165, 1.54) is 31.4 Å². The molecule has 1 aromatic rings. The summed E-state index contributed by atoms with van der Waals surface area (Å²) in [5.41, 5.74) is 0.371. The van der Waals surface area contributed by atoms with E-state index >= 15 is 0 Å². The van der Waals surface area contributed by atoms with E-state index in [0.29, 0.717) is 10.5 Å². The van der Waals surface area contributed by atoms with Crippen molar-refractivity contribution in [2.24, 2.45) is 0 Å². The van der Waals surface area contributed by atoms with Gasteiger partial charge in [-0.15, -0.1) is 0 Å². The molecule has 0 saturated heterocycles. The molecule has 0 aliphatic heterocycles. The molecule has 2 rings (SSSR count). The number of rotatable bonds is 4. The SMILES string of the molecule is CC(CO)(NC1CCCCC1)c1ccc(F)cc1Br. The Hall–Kier alpha value is -0.450. The van der Waals surface area contributed by atoms with Gasteiger partial charge in [0.05, 0.1) is 12.1 Å². The second-order valence-electron chi connectivity index (χ2n) is 5.59. The summed E-state index contributed by atoms with van der Waals surface area (Å²) in [6.45, 7) is 1.97. The third kappa shape index (κ3) is 3.56. The van der Waals surface area contributed by atoms with Crippen molar-refractivity contribution in [3.8, 4) is 0 Å². The van der Waals surface area contributed by atoms with Crippen molar-refractivity contribution in [3.05, 3.63) is 34.1 Å². The average molecular weight is 330 g/mol. The van der Waals surface area contributed by atoms with E-state index in [1.807, 2.05) is 6.92 Å². The van der Waals surface area contributed by atoms with Crippen LogP contribution >= 0.6 is 15.9 Å². The van der Waals surface area contributed by atoms with Crippen molar-refractivity contribution < 1.29 is 9.50 Å². The van der Waals surface area contributed by atoms with Gasteiger partial charge in [0.25, 0.3) is 0 Å². The van der Waals surface area contributed by atoms with E-state index in [1.54, 1.807) is 6.07 Å². The first-order chi connectivity index (χ1) is 9.05. The number of halogens is 2. The van der Waals surface area contributed by atoms with E-state index in [2.05, 4.69) is 21.2 Å². The molecule has 0 aromatic heterocycles. The maximum atomic E-state index is 13.2. The maximum absolute atomic E-state index is 13.2. The number of hydrogen-bond acceptors (Lipinski definition) is 2. The predicted octanol–water partition coefficient (Wildman–Crippen LogP) is 3.72. The number of hydrogen-bond donors (Lipinski definition) is 2. The number of aliphatic hydroxyl groups is 1. The van der Waals surface area contributed by atoms with Crippen LogP contribution in [0, 0.1) is 5.82 Å². The van der Waals surface area contributed by atoms with E-state index in [4.69, 9.17) is 0 Å². The van der Waals surface area contributed by atoms with Crippen molar-refractivity contribution in [1.29, 1.82) is 0 Å². The number of benzene rings is 1. The Labute approximate surface area is 122 Å². The highest BCUT2D eigenvalue weighted by Crippen LogP contribution is 2.31. The Morgan fingerprint density at radius 2 is 2.05 bits per heavy atom. The van der Waals surface area contributed by atoms with Crippen LogP contribution in [-0.4, -0.2) is 17.8 Å². The molecule has 1 unspecified atom stereocenters. The van der Waals surface area contributed by atoms with Crippen molar-refractivity contribution in [2.75, 3.05) is 6.61 Å². The highest BCUT2D eigenvalue weighted by molar-refractivity contribution is 9.10. The summed E-state index contributed by atoms with van der Waals surface area (Å²) in [4.78, 5) is 0. The zero-order chi connectivity index (χ0) is 13.9. The Balaban J connectivity index is 2.20. The fraction of sp³-hybridized carbons (Fsp3) is 0.600. The van der Waals surface area contributed by atoms with Crippen molar-refractivity contribution in [3.63, 3.8) is 0 Å². The van der Waals surface area contributed by atoms with Crippen LogP contribution in [-0.2, 0) is 5.54 Å². The van der Waals surface area contributed by atoms with E-state index in [0.717, 1.165) is 18.4 Å². The Kier molecular flexibility index (Phi) is 4.98. The maximum Gasteiger partial charge on any atom is 0.124 e. The molecule has 0 spiro atoms. The average Bonchev–Trinajstić information content (AvgIpc) is 2.39. The van der Waals surface area contributed by atoms with E-state index < -0.39 is 5.54 Å². The molecule has 0 bridgehead atoms. The molecule has 2 nitrogen and oxygen atoms in total. The third-order valence-electron chi connectivity index (χ3n) is 3.97. The molecule has 2 N–H and O–H groups in total. The second kappa shape index (κ2) is 6.33. The first-order valence-electron chi connectivity index (χ1n) is 6.89. The van der Waals surface area contributed by atoms with Crippen LogP contribution in [0.4, 0.5) is 4.39 Å². The molecule has 1 aliphatic carbocycles. The highest BCUT2D eigenvalue weighted by atomic mass is 79.9. The summed E-state index contributed by atoms with van der Waals surface area (Å²) >= 11 is 3.40. The molecule has 4 heteroatoms. The lowest BCUT2D eigenvalue weighted by Crippen LogP contribution is -2.49. The van der Waals surface area contributed by atoms with Gasteiger partial charge < -0.3 is 10.4 Å². The van der Waals surface area contributed by atoms with Gasteiger partial charge in [-0.2, -0.15) is 0 Å². The fourth-order valence-electron chi connectivity index (χ4n) is 2.84. The quantitative estimate of drug-likeness (QED) is 0.882. The molecule has 0 amide bonds. The first kappa shape index (κ1) is 14.9. The predicted molar refractivity (Wildman–Crippen MR) is 78.5 cm³/mol. The lowest BCUT2D eigenvalue weighted by Gasteiger charge is -2.36. The molecule has 1 saturated carbocycles. The smallest absolute Gasteiger partial charge is 0.124 e. The van der Waals surface area contributed by atoms with Crippen molar-refractivity contribution in [1.82, 2.24) is 5.32 Å². The second-order valence-corrected chi connectivity index (χ2v) is 6.45. The normalized spacial score (nSPS) is 20.2. The summed E-state index contributed by atoms with van der Waals surface area (Å²) in [7, 11) is 0. The Bertz CT molecular complexity index is 434. The van der Waals surface area contributed by atoms with Crippen LogP contribution in [0.15, 0.2) is 22.7 Å². The van der Waals surface area contributed by atoms with Crippen molar-refractivity contribution >= 4 is 15.9 Å². The van der Waals surface area contributed by atoms with Crippen LogP contribution in [0.2, 0.25) is 0 Å². The van der Waals surface area contributed by atoms with Gasteiger partial charge in [-0.1, -0.05) is 41.3 Å². The van der Waals surface area contributed by atoms with Gasteiger partial charge in [-0.05, 0) is 37.5 Å². The Morgan fingerprint density at radius 3 is 2.63 bits per heavy atom. The number of nitrogens with one attached hydrogen (secondary N) is 1. The molecule has 106 valence electrons. The lowest BCUT2D eigenvalue weighted by atomic mass is 9.88. The topological polar surface area (TPSA) is 32.3 Å². The molecular weight excluding hydrogens is 309 g/mol. The minimum Gasteiger partial charge on any atom is -0.394 e. The van der Waals surface area contributed by atoms with Crippen LogP contribution in [0.3, 0.4) is 0 Å². The standard InChI is InChI=1S/C15H21BrFNO/c1-15(10-19,18-12-5-3-2-4-6-12)13-8-7-11(17)9-14(13)16/h7-9,12,18-19H,2-6,10H2,1H3. The molecule has 0 heterocycles. The molecule has 1 atom stereocenters. The molecule has 1 aromatic carbocycles.